The fourth-order valence-electron chi connectivity index (χ4n) is 3.05. The Kier molecular flexibility index (Phi) is 4.64. The Morgan fingerprint density at radius 2 is 1.81 bits per heavy atom. The summed E-state index contributed by atoms with van der Waals surface area (Å²) in [6, 6.07) is 13.2. The number of hydrogen-bond acceptors (Lipinski definition) is 4. The topological polar surface area (TPSA) is 56.2 Å². The molecule has 0 aliphatic carbocycles. The van der Waals surface area contributed by atoms with Crippen LogP contribution >= 0.6 is 11.6 Å². The van der Waals surface area contributed by atoms with Crippen LogP contribution in [0.2, 0.25) is 15.4 Å². The Morgan fingerprint density at radius 1 is 1.00 bits per heavy atom. The van der Waals surface area contributed by atoms with Gasteiger partial charge >= 0.3 is 160 Å². The van der Waals surface area contributed by atoms with Crippen molar-refractivity contribution in [1.82, 2.24) is 4.98 Å². The molecule has 2 aromatic carbocycles. The van der Waals surface area contributed by atoms with E-state index >= 15 is 0 Å². The quantitative estimate of drug-likeness (QED) is 0.338. The van der Waals surface area contributed by atoms with Crippen LogP contribution in [-0.2, 0) is 0 Å². The number of oxazole rings is 1. The van der Waals surface area contributed by atoms with Gasteiger partial charge in [0.25, 0.3) is 0 Å². The number of aromatic nitrogens is 1. The van der Waals surface area contributed by atoms with Gasteiger partial charge in [-0.3, -0.25) is 0 Å². The predicted molar refractivity (Wildman–Crippen MR) is 107 cm³/mol. The minimum absolute atomic E-state index is 0.247. The number of rotatable bonds is 4. The Morgan fingerprint density at radius 3 is 2.58 bits per heavy atom. The van der Waals surface area contributed by atoms with E-state index in [1.807, 2.05) is 12.1 Å². The van der Waals surface area contributed by atoms with E-state index in [-0.39, 0.29) is 5.89 Å². The summed E-state index contributed by atoms with van der Waals surface area (Å²) in [5.74, 6) is 0.247. The molecule has 0 aliphatic heterocycles. The van der Waals surface area contributed by atoms with Gasteiger partial charge in [0.05, 0.1) is 0 Å². The molecule has 4 nitrogen and oxygen atoms in total. The maximum atomic E-state index is 12.5. The fraction of sp³-hybridized carbons (Fsp3) is 0.200. The number of hydrogen-bond donors (Lipinski definition) is 0. The molecule has 0 saturated carbocycles. The van der Waals surface area contributed by atoms with E-state index in [0.717, 1.165) is 5.39 Å². The van der Waals surface area contributed by atoms with Crippen molar-refractivity contribution in [1.29, 1.82) is 0 Å². The first-order valence-corrected chi connectivity index (χ1v) is 12.5. The van der Waals surface area contributed by atoms with E-state index in [2.05, 4.69) is 24.9 Å². The van der Waals surface area contributed by atoms with Crippen molar-refractivity contribution < 1.29 is 8.83 Å². The molecular weight excluding hydrogens is 413 g/mol. The number of nitrogens with zero attached hydrogens (tertiary/aromatic N) is 1. The summed E-state index contributed by atoms with van der Waals surface area (Å²) >= 11 is 4.94. The van der Waals surface area contributed by atoms with E-state index in [4.69, 9.17) is 20.4 Å². The zero-order valence-corrected chi connectivity index (χ0v) is 17.1. The molecule has 2 heterocycles. The van der Waals surface area contributed by atoms with Crippen molar-refractivity contribution in [2.75, 3.05) is 0 Å². The average molecular weight is 430 g/mol. The molecule has 0 aliphatic rings. The van der Waals surface area contributed by atoms with Gasteiger partial charge in [-0.1, -0.05) is 0 Å². The van der Waals surface area contributed by atoms with Crippen molar-refractivity contribution in [3.63, 3.8) is 0 Å². The Balaban J connectivity index is 1.84. The zero-order valence-electron chi connectivity index (χ0n) is 14.5. The van der Waals surface area contributed by atoms with Crippen LogP contribution in [0.1, 0.15) is 13.8 Å². The van der Waals surface area contributed by atoms with E-state index in [1.54, 1.807) is 24.3 Å². The molecule has 0 atom stereocenters. The molecule has 0 saturated heterocycles. The van der Waals surface area contributed by atoms with Crippen LogP contribution in [-0.4, -0.2) is 19.6 Å². The van der Waals surface area contributed by atoms with E-state index < -0.39 is 20.3 Å². The number of benzene rings is 2. The van der Waals surface area contributed by atoms with Crippen molar-refractivity contribution >= 4 is 52.7 Å². The first-order valence-electron chi connectivity index (χ1n) is 8.48. The first kappa shape index (κ1) is 17.4. The number of fused-ring (bicyclic) bond motifs is 2. The van der Waals surface area contributed by atoms with Crippen LogP contribution in [0.4, 0.5) is 0 Å². The van der Waals surface area contributed by atoms with Crippen LogP contribution in [0.3, 0.4) is 0 Å². The molecule has 132 valence electrons. The fourth-order valence-corrected chi connectivity index (χ4v) is 6.91. The average Bonchev–Trinajstić information content (AvgIpc) is 3.05. The van der Waals surface area contributed by atoms with Gasteiger partial charge in [-0.25, -0.2) is 0 Å². The molecule has 0 N–H and O–H groups in total. The third-order valence-corrected chi connectivity index (χ3v) is 9.98. The standard InChI is InChI=1S/C20H17AsClNO3/c1-3-21(4-2)13-6-5-12-9-15(20(24)26-18(12)10-13)19-23-16-11-14(22)7-8-17(16)25-19/h5-11H,3-4H2,1-2H3. The van der Waals surface area contributed by atoms with Gasteiger partial charge < -0.3 is 0 Å². The van der Waals surface area contributed by atoms with E-state index in [9.17, 15) is 4.79 Å². The molecule has 0 radical (unpaired) electrons. The summed E-state index contributed by atoms with van der Waals surface area (Å²) in [5.41, 5.74) is 1.69. The summed E-state index contributed by atoms with van der Waals surface area (Å²) in [6.45, 7) is 4.46. The Labute approximate surface area is 160 Å². The van der Waals surface area contributed by atoms with Gasteiger partial charge in [-0.15, -0.1) is 0 Å². The van der Waals surface area contributed by atoms with Gasteiger partial charge in [0.1, 0.15) is 0 Å². The van der Waals surface area contributed by atoms with Crippen LogP contribution in [0.25, 0.3) is 33.5 Å². The monoisotopic (exact) mass is 429 g/mol. The first-order chi connectivity index (χ1) is 12.6. The van der Waals surface area contributed by atoms with E-state index in [0.29, 0.717) is 27.3 Å². The second kappa shape index (κ2) is 6.94. The third kappa shape index (κ3) is 3.08. The van der Waals surface area contributed by atoms with Gasteiger partial charge in [0, 0.05) is 0 Å². The minimum atomic E-state index is -1.05. The van der Waals surface area contributed by atoms with E-state index in [1.165, 1.54) is 14.8 Å². The Hall–Kier alpha value is -2.03. The number of halogens is 1. The van der Waals surface area contributed by atoms with Crippen molar-refractivity contribution in [2.45, 2.75) is 24.3 Å². The Bertz CT molecular complexity index is 1160. The normalized spacial score (nSPS) is 11.7. The summed E-state index contributed by atoms with van der Waals surface area (Å²) in [6.07, 6.45) is 0. The van der Waals surface area contributed by atoms with Crippen molar-refractivity contribution in [2.24, 2.45) is 0 Å². The third-order valence-electron chi connectivity index (χ3n) is 4.43. The van der Waals surface area contributed by atoms with Crippen molar-refractivity contribution in [3.8, 4) is 11.5 Å². The molecular formula is C20H17AsClNO3. The SMILES string of the molecule is CC[As](CC)c1ccc2cc(-c3nc4cc(Cl)ccc4o3)c(=O)oc2c1. The zero-order chi connectivity index (χ0) is 18.3. The van der Waals surface area contributed by atoms with Crippen LogP contribution < -0.4 is 9.98 Å². The van der Waals surface area contributed by atoms with Crippen LogP contribution in [0.15, 0.2) is 56.1 Å². The van der Waals surface area contributed by atoms with Crippen molar-refractivity contribution in [3.05, 3.63) is 57.9 Å². The maximum absolute atomic E-state index is 12.5. The van der Waals surface area contributed by atoms with Gasteiger partial charge in [-0.2, -0.15) is 0 Å². The molecule has 4 rings (SSSR count). The van der Waals surface area contributed by atoms with Crippen LogP contribution in [0, 0.1) is 0 Å². The second-order valence-electron chi connectivity index (χ2n) is 5.97. The molecule has 2 aromatic heterocycles. The summed E-state index contributed by atoms with van der Waals surface area (Å²) in [5, 5.41) is 3.83. The molecule has 0 bridgehead atoms. The molecule has 0 spiro atoms. The summed E-state index contributed by atoms with van der Waals surface area (Å²) < 4.78 is 12.6. The molecule has 26 heavy (non-hydrogen) atoms. The summed E-state index contributed by atoms with van der Waals surface area (Å²) in [7, 11) is 0. The second-order valence-corrected chi connectivity index (χ2v) is 12.4. The molecule has 0 amide bonds. The van der Waals surface area contributed by atoms with Gasteiger partial charge in [-0.05, 0) is 0 Å². The van der Waals surface area contributed by atoms with Crippen LogP contribution in [0.5, 0.6) is 0 Å². The molecule has 4 aromatic rings. The van der Waals surface area contributed by atoms with Gasteiger partial charge in [0.2, 0.25) is 0 Å². The van der Waals surface area contributed by atoms with Gasteiger partial charge in [0.15, 0.2) is 0 Å². The molecule has 0 unspecified atom stereocenters. The molecule has 0 fully saturated rings. The molecule has 6 heteroatoms. The predicted octanol–water partition coefficient (Wildman–Crippen LogP) is 5.00. The summed E-state index contributed by atoms with van der Waals surface area (Å²) in [4.78, 5) is 16.9.